The van der Waals surface area contributed by atoms with Crippen molar-refractivity contribution in [1.82, 2.24) is 0 Å². The van der Waals surface area contributed by atoms with E-state index in [1.807, 2.05) is 36.1 Å². The predicted octanol–water partition coefficient (Wildman–Crippen LogP) is 1.61. The summed E-state index contributed by atoms with van der Waals surface area (Å²) >= 11 is 0. The molecular weight excluding hydrogens is 238 g/mol. The Morgan fingerprint density at radius 3 is 2.84 bits per heavy atom. The Bertz CT molecular complexity index is 688. The highest BCUT2D eigenvalue weighted by molar-refractivity contribution is 5.60. The van der Waals surface area contributed by atoms with Crippen molar-refractivity contribution in [2.24, 2.45) is 7.05 Å². The summed E-state index contributed by atoms with van der Waals surface area (Å²) in [5, 5.41) is 18.8. The summed E-state index contributed by atoms with van der Waals surface area (Å²) in [6, 6.07) is 9.65. The molecule has 0 aliphatic carbocycles. The van der Waals surface area contributed by atoms with Crippen molar-refractivity contribution in [1.29, 1.82) is 5.26 Å². The molecule has 94 valence electrons. The van der Waals surface area contributed by atoms with Crippen LogP contribution < -0.4 is 9.47 Å². The lowest BCUT2D eigenvalue weighted by molar-refractivity contribution is -0.671. The van der Waals surface area contributed by atoms with E-state index in [4.69, 9.17) is 0 Å². The van der Waals surface area contributed by atoms with Gasteiger partial charge in [-0.25, -0.2) is 4.57 Å². The van der Waals surface area contributed by atoms with Crippen LogP contribution in [0.15, 0.2) is 36.7 Å². The van der Waals surface area contributed by atoms with Crippen LogP contribution in [-0.4, -0.2) is 5.11 Å². The molecule has 0 amide bonds. The molecule has 3 rings (SSSR count). The smallest absolute Gasteiger partial charge is 0.188 e. The summed E-state index contributed by atoms with van der Waals surface area (Å²) in [5.41, 5.74) is 3.94. The van der Waals surface area contributed by atoms with E-state index in [2.05, 4.69) is 11.0 Å². The number of benzene rings is 1. The maximum atomic E-state index is 9.52. The van der Waals surface area contributed by atoms with Crippen molar-refractivity contribution < 1.29 is 9.67 Å². The van der Waals surface area contributed by atoms with Crippen molar-refractivity contribution >= 4 is 5.69 Å². The Labute approximate surface area is 111 Å². The fourth-order valence-electron chi connectivity index (χ4n) is 2.50. The van der Waals surface area contributed by atoms with Crippen LogP contribution in [0.4, 0.5) is 5.69 Å². The number of nitriles is 1. The van der Waals surface area contributed by atoms with Crippen molar-refractivity contribution in [2.45, 2.75) is 13.1 Å². The third-order valence-electron chi connectivity index (χ3n) is 3.45. The molecule has 4 nitrogen and oxygen atoms in total. The monoisotopic (exact) mass is 252 g/mol. The fourth-order valence-corrected chi connectivity index (χ4v) is 2.50. The van der Waals surface area contributed by atoms with E-state index >= 15 is 0 Å². The topological polar surface area (TPSA) is 51.1 Å². The molecule has 1 aromatic heterocycles. The lowest BCUT2D eigenvalue weighted by Crippen LogP contribution is -2.28. The highest BCUT2D eigenvalue weighted by Crippen LogP contribution is 2.31. The van der Waals surface area contributed by atoms with Crippen LogP contribution in [0.2, 0.25) is 0 Å². The second kappa shape index (κ2) is 4.29. The average molecular weight is 252 g/mol. The second-order valence-corrected chi connectivity index (χ2v) is 4.83. The molecule has 0 fully saturated rings. The van der Waals surface area contributed by atoms with Gasteiger partial charge in [0.1, 0.15) is 24.4 Å². The highest BCUT2D eigenvalue weighted by Gasteiger charge is 2.22. The summed E-state index contributed by atoms with van der Waals surface area (Å²) in [7, 11) is 1.90. The number of hydrogen-bond acceptors (Lipinski definition) is 3. The van der Waals surface area contributed by atoms with Gasteiger partial charge in [0.15, 0.2) is 12.4 Å². The van der Waals surface area contributed by atoms with E-state index < -0.39 is 0 Å². The number of anilines is 1. The third-order valence-corrected chi connectivity index (χ3v) is 3.45. The maximum absolute atomic E-state index is 9.52. The Morgan fingerprint density at radius 1 is 1.26 bits per heavy atom. The molecule has 0 radical (unpaired) electrons. The lowest BCUT2D eigenvalue weighted by atomic mass is 10.1. The van der Waals surface area contributed by atoms with E-state index in [1.165, 1.54) is 5.56 Å². The van der Waals surface area contributed by atoms with Crippen molar-refractivity contribution in [3.63, 3.8) is 0 Å². The highest BCUT2D eigenvalue weighted by atomic mass is 16.3. The molecule has 4 heteroatoms. The molecule has 19 heavy (non-hydrogen) atoms. The van der Waals surface area contributed by atoms with E-state index in [9.17, 15) is 10.4 Å². The van der Waals surface area contributed by atoms with Gasteiger partial charge in [0, 0.05) is 19.2 Å². The molecule has 1 N–H and O–H groups in total. The number of rotatable bonds is 1. The molecule has 1 aliphatic rings. The Hall–Kier alpha value is -2.54. The molecule has 0 saturated heterocycles. The van der Waals surface area contributed by atoms with Crippen LogP contribution in [0.25, 0.3) is 0 Å². The van der Waals surface area contributed by atoms with Gasteiger partial charge in [-0.05, 0) is 23.3 Å². The van der Waals surface area contributed by atoms with Crippen LogP contribution in [-0.2, 0) is 20.1 Å². The first-order chi connectivity index (χ1) is 9.17. The largest absolute Gasteiger partial charge is 0.508 e. The van der Waals surface area contributed by atoms with Crippen molar-refractivity contribution in [3.05, 3.63) is 53.3 Å². The molecule has 2 aromatic rings. The van der Waals surface area contributed by atoms with Gasteiger partial charge >= 0.3 is 0 Å². The quantitative estimate of drug-likeness (QED) is 0.784. The Morgan fingerprint density at radius 2 is 2.05 bits per heavy atom. The minimum atomic E-state index is 0.292. The SMILES string of the molecule is C[n+]1ccc(N2Cc3ccc(O)cc3C2)c(C#N)c1. The Kier molecular flexibility index (Phi) is 2.60. The Balaban J connectivity index is 1.97. The number of phenols is 1. The molecular formula is C15H14N3O+. The zero-order chi connectivity index (χ0) is 13.4. The average Bonchev–Trinajstić information content (AvgIpc) is 2.81. The van der Waals surface area contributed by atoms with Gasteiger partial charge in [-0.1, -0.05) is 6.07 Å². The van der Waals surface area contributed by atoms with Crippen LogP contribution in [0.5, 0.6) is 5.75 Å². The number of pyridine rings is 1. The first kappa shape index (κ1) is 11.5. The van der Waals surface area contributed by atoms with Crippen LogP contribution in [0, 0.1) is 11.3 Å². The first-order valence-electron chi connectivity index (χ1n) is 6.12. The minimum absolute atomic E-state index is 0.292. The van der Waals surface area contributed by atoms with Crippen LogP contribution >= 0.6 is 0 Å². The van der Waals surface area contributed by atoms with Gasteiger partial charge in [-0.15, -0.1) is 0 Å². The summed E-state index contributed by atoms with van der Waals surface area (Å²) in [6.45, 7) is 1.50. The normalized spacial score (nSPS) is 13.2. The molecule has 1 aromatic carbocycles. The zero-order valence-electron chi connectivity index (χ0n) is 10.7. The van der Waals surface area contributed by atoms with Crippen molar-refractivity contribution in [2.75, 3.05) is 4.90 Å². The summed E-state index contributed by atoms with van der Waals surface area (Å²) < 4.78 is 1.87. The molecule has 1 aliphatic heterocycles. The van der Waals surface area contributed by atoms with Crippen molar-refractivity contribution in [3.8, 4) is 11.8 Å². The summed E-state index contributed by atoms with van der Waals surface area (Å²) in [4.78, 5) is 2.16. The van der Waals surface area contributed by atoms with Crippen LogP contribution in [0.3, 0.4) is 0 Å². The lowest BCUT2D eigenvalue weighted by Gasteiger charge is -2.17. The van der Waals surface area contributed by atoms with E-state index in [0.29, 0.717) is 11.3 Å². The fraction of sp³-hybridized carbons (Fsp3) is 0.200. The van der Waals surface area contributed by atoms with Crippen LogP contribution in [0.1, 0.15) is 16.7 Å². The van der Waals surface area contributed by atoms with Gasteiger partial charge in [0.25, 0.3) is 0 Å². The predicted molar refractivity (Wildman–Crippen MR) is 70.3 cm³/mol. The number of aryl methyl sites for hydroxylation is 1. The first-order valence-corrected chi connectivity index (χ1v) is 6.12. The van der Waals surface area contributed by atoms with Gasteiger partial charge in [0.2, 0.25) is 0 Å². The number of aromatic nitrogens is 1. The van der Waals surface area contributed by atoms with E-state index in [-0.39, 0.29) is 0 Å². The van der Waals surface area contributed by atoms with Gasteiger partial charge < -0.3 is 10.0 Å². The standard InChI is InChI=1S/C15H13N3O/c1-17-5-4-15(13(7-16)8-17)18-9-11-2-3-14(19)6-12(11)10-18/h2-6,8H,9-10H2,1H3/p+1. The number of fused-ring (bicyclic) bond motifs is 1. The third kappa shape index (κ3) is 2.00. The number of phenolic OH excluding ortho intramolecular Hbond substituents is 1. The maximum Gasteiger partial charge on any atom is 0.188 e. The molecule has 0 atom stereocenters. The summed E-state index contributed by atoms with van der Waals surface area (Å²) in [6.07, 6.45) is 3.77. The van der Waals surface area contributed by atoms with Gasteiger partial charge in [-0.2, -0.15) is 5.26 Å². The molecule has 0 saturated carbocycles. The molecule has 0 spiro atoms. The van der Waals surface area contributed by atoms with E-state index in [1.54, 1.807) is 12.1 Å². The van der Waals surface area contributed by atoms with E-state index in [0.717, 1.165) is 24.3 Å². The minimum Gasteiger partial charge on any atom is -0.508 e. The molecule has 2 heterocycles. The number of nitrogens with zero attached hydrogens (tertiary/aromatic N) is 3. The molecule has 0 bridgehead atoms. The molecule has 0 unspecified atom stereocenters. The number of aromatic hydroxyl groups is 1. The zero-order valence-corrected chi connectivity index (χ0v) is 10.7. The summed E-state index contributed by atoms with van der Waals surface area (Å²) in [5.74, 6) is 0.292. The second-order valence-electron chi connectivity index (χ2n) is 4.83. The van der Waals surface area contributed by atoms with Gasteiger partial charge in [-0.3, -0.25) is 0 Å². The number of hydrogen-bond donors (Lipinski definition) is 1. The van der Waals surface area contributed by atoms with Gasteiger partial charge in [0.05, 0.1) is 5.69 Å².